The van der Waals surface area contributed by atoms with Crippen molar-refractivity contribution in [1.82, 2.24) is 15.5 Å². The standard InChI is InChI=1S/C19H24FN5O/c1-24(2)17-7-8-18(23-22-17)25-11-9-14(10-12-25)19(26)21-13-15-5-3-4-6-16(15)20/h3-8,14H,9-13H2,1-2H3,(H,21,26). The third kappa shape index (κ3) is 4.28. The van der Waals surface area contributed by atoms with Gasteiger partial charge in [-0.1, -0.05) is 18.2 Å². The highest BCUT2D eigenvalue weighted by Gasteiger charge is 2.25. The van der Waals surface area contributed by atoms with Crippen LogP contribution >= 0.6 is 0 Å². The zero-order chi connectivity index (χ0) is 18.5. The van der Waals surface area contributed by atoms with E-state index in [1.54, 1.807) is 18.2 Å². The van der Waals surface area contributed by atoms with Crippen molar-refractivity contribution in [2.75, 3.05) is 37.0 Å². The quantitative estimate of drug-likeness (QED) is 0.889. The number of nitrogens with zero attached hydrogens (tertiary/aromatic N) is 4. The Bertz CT molecular complexity index is 742. The summed E-state index contributed by atoms with van der Waals surface area (Å²) in [6.07, 6.45) is 1.50. The van der Waals surface area contributed by atoms with Gasteiger partial charge in [-0.25, -0.2) is 4.39 Å². The summed E-state index contributed by atoms with van der Waals surface area (Å²) in [5, 5.41) is 11.3. The Balaban J connectivity index is 1.50. The van der Waals surface area contributed by atoms with E-state index in [2.05, 4.69) is 20.4 Å². The Morgan fingerprint density at radius 1 is 1.19 bits per heavy atom. The van der Waals surface area contributed by atoms with Crippen LogP contribution in [0, 0.1) is 11.7 Å². The third-order valence-corrected chi connectivity index (χ3v) is 4.70. The van der Waals surface area contributed by atoms with E-state index in [1.807, 2.05) is 31.1 Å². The molecule has 0 unspecified atom stereocenters. The van der Waals surface area contributed by atoms with Crippen LogP contribution in [0.15, 0.2) is 36.4 Å². The number of carbonyl (C=O) groups excluding carboxylic acids is 1. The Morgan fingerprint density at radius 2 is 1.92 bits per heavy atom. The van der Waals surface area contributed by atoms with Crippen LogP contribution in [0.5, 0.6) is 0 Å². The number of halogens is 1. The maximum absolute atomic E-state index is 13.6. The molecular formula is C19H24FN5O. The summed E-state index contributed by atoms with van der Waals surface area (Å²) >= 11 is 0. The molecule has 0 radical (unpaired) electrons. The van der Waals surface area contributed by atoms with E-state index in [9.17, 15) is 9.18 Å². The lowest BCUT2D eigenvalue weighted by Gasteiger charge is -2.32. The zero-order valence-electron chi connectivity index (χ0n) is 15.2. The van der Waals surface area contributed by atoms with Crippen molar-refractivity contribution in [1.29, 1.82) is 0 Å². The molecule has 0 atom stereocenters. The summed E-state index contributed by atoms with van der Waals surface area (Å²) < 4.78 is 13.6. The molecule has 6 nitrogen and oxygen atoms in total. The fourth-order valence-corrected chi connectivity index (χ4v) is 3.06. The van der Waals surface area contributed by atoms with E-state index in [4.69, 9.17) is 0 Å². The molecule has 1 aliphatic heterocycles. The highest BCUT2D eigenvalue weighted by molar-refractivity contribution is 5.79. The monoisotopic (exact) mass is 357 g/mol. The normalized spacial score (nSPS) is 15.0. The van der Waals surface area contributed by atoms with Gasteiger partial charge in [0.1, 0.15) is 5.82 Å². The van der Waals surface area contributed by atoms with Crippen molar-refractivity contribution in [3.63, 3.8) is 0 Å². The van der Waals surface area contributed by atoms with E-state index in [0.717, 1.165) is 37.6 Å². The number of anilines is 2. The van der Waals surface area contributed by atoms with Crippen LogP contribution in [0.1, 0.15) is 18.4 Å². The molecule has 1 amide bonds. The molecule has 0 spiro atoms. The van der Waals surface area contributed by atoms with Crippen molar-refractivity contribution < 1.29 is 9.18 Å². The van der Waals surface area contributed by atoms with Gasteiger partial charge in [0.2, 0.25) is 5.91 Å². The van der Waals surface area contributed by atoms with Crippen molar-refractivity contribution in [3.05, 3.63) is 47.8 Å². The molecule has 1 aromatic heterocycles. The van der Waals surface area contributed by atoms with Crippen molar-refractivity contribution in [2.45, 2.75) is 19.4 Å². The molecule has 0 saturated carbocycles. The molecule has 1 saturated heterocycles. The molecule has 1 N–H and O–H groups in total. The highest BCUT2D eigenvalue weighted by atomic mass is 19.1. The van der Waals surface area contributed by atoms with Crippen LogP contribution in [0.3, 0.4) is 0 Å². The number of aromatic nitrogens is 2. The summed E-state index contributed by atoms with van der Waals surface area (Å²) in [6.45, 7) is 1.74. The molecule has 26 heavy (non-hydrogen) atoms. The van der Waals surface area contributed by atoms with Crippen LogP contribution in [-0.2, 0) is 11.3 Å². The van der Waals surface area contributed by atoms with Gasteiger partial charge in [0.15, 0.2) is 11.6 Å². The summed E-state index contributed by atoms with van der Waals surface area (Å²) in [7, 11) is 3.85. The van der Waals surface area contributed by atoms with E-state index >= 15 is 0 Å². The van der Waals surface area contributed by atoms with E-state index in [1.165, 1.54) is 6.07 Å². The largest absolute Gasteiger partial charge is 0.361 e. The first kappa shape index (κ1) is 18.1. The van der Waals surface area contributed by atoms with Gasteiger partial charge in [-0.05, 0) is 31.0 Å². The summed E-state index contributed by atoms with van der Waals surface area (Å²) in [5.41, 5.74) is 0.509. The topological polar surface area (TPSA) is 61.4 Å². The molecule has 0 aliphatic carbocycles. The Labute approximate surface area is 153 Å². The number of hydrogen-bond donors (Lipinski definition) is 1. The fraction of sp³-hybridized carbons (Fsp3) is 0.421. The number of rotatable bonds is 5. The average Bonchev–Trinajstić information content (AvgIpc) is 2.67. The fourth-order valence-electron chi connectivity index (χ4n) is 3.06. The second-order valence-corrected chi connectivity index (χ2v) is 6.71. The van der Waals surface area contributed by atoms with E-state index in [-0.39, 0.29) is 24.2 Å². The number of amides is 1. The highest BCUT2D eigenvalue weighted by Crippen LogP contribution is 2.22. The van der Waals surface area contributed by atoms with Gasteiger partial charge in [-0.3, -0.25) is 4.79 Å². The van der Waals surface area contributed by atoms with Crippen molar-refractivity contribution in [2.24, 2.45) is 5.92 Å². The van der Waals surface area contributed by atoms with Crippen LogP contribution in [0.4, 0.5) is 16.0 Å². The van der Waals surface area contributed by atoms with Gasteiger partial charge >= 0.3 is 0 Å². The van der Waals surface area contributed by atoms with Gasteiger partial charge in [0.25, 0.3) is 0 Å². The smallest absolute Gasteiger partial charge is 0.223 e. The molecule has 2 heterocycles. The third-order valence-electron chi connectivity index (χ3n) is 4.70. The lowest BCUT2D eigenvalue weighted by Crippen LogP contribution is -2.40. The van der Waals surface area contributed by atoms with Crippen LogP contribution < -0.4 is 15.1 Å². The van der Waals surface area contributed by atoms with Crippen LogP contribution in [0.25, 0.3) is 0 Å². The Kier molecular flexibility index (Phi) is 5.65. The Morgan fingerprint density at radius 3 is 2.54 bits per heavy atom. The summed E-state index contributed by atoms with van der Waals surface area (Å²) in [6, 6.07) is 10.4. The summed E-state index contributed by atoms with van der Waals surface area (Å²) in [5.74, 6) is 1.30. The minimum atomic E-state index is -0.289. The predicted octanol–water partition coefficient (Wildman–Crippen LogP) is 2.21. The molecule has 2 aromatic rings. The first-order chi connectivity index (χ1) is 12.5. The first-order valence-electron chi connectivity index (χ1n) is 8.81. The SMILES string of the molecule is CN(C)c1ccc(N2CCC(C(=O)NCc3ccccc3F)CC2)nn1. The number of hydrogen-bond acceptors (Lipinski definition) is 5. The van der Waals surface area contributed by atoms with E-state index < -0.39 is 0 Å². The number of nitrogens with one attached hydrogen (secondary N) is 1. The van der Waals surface area contributed by atoms with Gasteiger partial charge in [-0.15, -0.1) is 10.2 Å². The van der Waals surface area contributed by atoms with Gasteiger partial charge in [-0.2, -0.15) is 0 Å². The maximum atomic E-state index is 13.6. The number of carbonyl (C=O) groups is 1. The molecule has 1 aromatic carbocycles. The first-order valence-corrected chi connectivity index (χ1v) is 8.81. The van der Waals surface area contributed by atoms with Gasteiger partial charge < -0.3 is 15.1 Å². The average molecular weight is 357 g/mol. The van der Waals surface area contributed by atoms with Crippen LogP contribution in [-0.4, -0.2) is 43.3 Å². The van der Waals surface area contributed by atoms with Crippen molar-refractivity contribution in [3.8, 4) is 0 Å². The van der Waals surface area contributed by atoms with E-state index in [0.29, 0.717) is 5.56 Å². The lowest BCUT2D eigenvalue weighted by molar-refractivity contribution is -0.125. The molecule has 138 valence electrons. The molecule has 3 rings (SSSR count). The zero-order valence-corrected chi connectivity index (χ0v) is 15.2. The molecule has 0 bridgehead atoms. The minimum Gasteiger partial charge on any atom is -0.361 e. The second kappa shape index (κ2) is 8.12. The molecular weight excluding hydrogens is 333 g/mol. The van der Waals surface area contributed by atoms with Crippen LogP contribution in [0.2, 0.25) is 0 Å². The molecule has 1 aliphatic rings. The summed E-state index contributed by atoms with van der Waals surface area (Å²) in [4.78, 5) is 16.4. The number of benzene rings is 1. The maximum Gasteiger partial charge on any atom is 0.223 e. The van der Waals surface area contributed by atoms with Crippen molar-refractivity contribution >= 4 is 17.5 Å². The second-order valence-electron chi connectivity index (χ2n) is 6.71. The van der Waals surface area contributed by atoms with Gasteiger partial charge in [0.05, 0.1) is 0 Å². The minimum absolute atomic E-state index is 0.0121. The predicted molar refractivity (Wildman–Crippen MR) is 99.5 cm³/mol. The lowest BCUT2D eigenvalue weighted by atomic mass is 9.96. The molecule has 1 fully saturated rings. The Hall–Kier alpha value is -2.70. The molecule has 7 heteroatoms. The van der Waals surface area contributed by atoms with Gasteiger partial charge in [0, 0.05) is 45.2 Å². The number of piperidine rings is 1.